The van der Waals surface area contributed by atoms with Crippen LogP contribution < -0.4 is 5.32 Å². The van der Waals surface area contributed by atoms with Crippen LogP contribution in [0.15, 0.2) is 36.9 Å². The van der Waals surface area contributed by atoms with Gasteiger partial charge in [-0.3, -0.25) is 0 Å². The van der Waals surface area contributed by atoms with E-state index in [-0.39, 0.29) is 5.41 Å². The van der Waals surface area contributed by atoms with Crippen LogP contribution in [0.1, 0.15) is 51.3 Å². The molecule has 2 nitrogen and oxygen atoms in total. The molecule has 1 unspecified atom stereocenters. The molecule has 1 aromatic rings. The highest BCUT2D eigenvalue weighted by Crippen LogP contribution is 2.23. The molecule has 0 aliphatic rings. The predicted molar refractivity (Wildman–Crippen MR) is 87.2 cm³/mol. The molecule has 0 bridgehead atoms. The summed E-state index contributed by atoms with van der Waals surface area (Å²) in [6, 6.07) is 9.25. The van der Waals surface area contributed by atoms with Crippen LogP contribution in [0.25, 0.3) is 0 Å². The van der Waals surface area contributed by atoms with Crippen LogP contribution in [-0.4, -0.2) is 19.8 Å². The lowest BCUT2D eigenvalue weighted by Gasteiger charge is -2.20. The first-order valence-electron chi connectivity index (χ1n) is 7.47. The van der Waals surface area contributed by atoms with Gasteiger partial charge in [-0.05, 0) is 29.9 Å². The third-order valence-corrected chi connectivity index (χ3v) is 3.44. The summed E-state index contributed by atoms with van der Waals surface area (Å²) < 4.78 is 5.49. The maximum atomic E-state index is 5.49. The third-order valence-electron chi connectivity index (χ3n) is 3.44. The number of benzene rings is 1. The van der Waals surface area contributed by atoms with Crippen LogP contribution in [0.4, 0.5) is 0 Å². The smallest absolute Gasteiger partial charge is 0.0591 e. The highest BCUT2D eigenvalue weighted by molar-refractivity contribution is 5.28. The fraction of sp³-hybridized carbons (Fsp3) is 0.556. The van der Waals surface area contributed by atoms with E-state index in [2.05, 4.69) is 63.9 Å². The Balaban J connectivity index is 2.36. The molecule has 0 saturated carbocycles. The number of hydrogen-bond acceptors (Lipinski definition) is 2. The minimum atomic E-state index is 0.216. The lowest BCUT2D eigenvalue weighted by molar-refractivity contribution is 0.138. The van der Waals surface area contributed by atoms with Crippen LogP contribution >= 0.6 is 0 Å². The topological polar surface area (TPSA) is 21.3 Å². The molecule has 0 amide bonds. The van der Waals surface area contributed by atoms with Gasteiger partial charge in [-0.25, -0.2) is 0 Å². The Morgan fingerprint density at radius 1 is 1.20 bits per heavy atom. The first-order chi connectivity index (χ1) is 9.45. The second kappa shape index (κ2) is 8.23. The standard InChI is InChI=1S/C18H29NO/c1-6-7-13-20-14-12-19-15(2)16-8-10-17(11-9-16)18(3,4)5/h6,8-11,15,19H,1,7,12-14H2,2-5H3. The molecule has 0 spiro atoms. The minimum absolute atomic E-state index is 0.216. The first-order valence-corrected chi connectivity index (χ1v) is 7.47. The molecule has 2 heteroatoms. The SMILES string of the molecule is C=CCCOCCNC(C)c1ccc(C(C)(C)C)cc1. The van der Waals surface area contributed by atoms with Crippen LogP contribution in [0.3, 0.4) is 0 Å². The van der Waals surface area contributed by atoms with Crippen molar-refractivity contribution in [1.82, 2.24) is 5.32 Å². The summed E-state index contributed by atoms with van der Waals surface area (Å²) in [5.74, 6) is 0. The molecule has 1 rings (SSSR count). The number of nitrogens with one attached hydrogen (secondary N) is 1. The van der Waals surface area contributed by atoms with Crippen molar-refractivity contribution >= 4 is 0 Å². The lowest BCUT2D eigenvalue weighted by atomic mass is 9.86. The van der Waals surface area contributed by atoms with Crippen molar-refractivity contribution in [2.75, 3.05) is 19.8 Å². The molecular formula is C18H29NO. The summed E-state index contributed by atoms with van der Waals surface area (Å²) in [5.41, 5.74) is 2.92. The average molecular weight is 275 g/mol. The van der Waals surface area contributed by atoms with Gasteiger partial charge in [0.1, 0.15) is 0 Å². The zero-order valence-corrected chi connectivity index (χ0v) is 13.4. The monoisotopic (exact) mass is 275 g/mol. The van der Waals surface area contributed by atoms with E-state index in [0.29, 0.717) is 6.04 Å². The minimum Gasteiger partial charge on any atom is -0.380 e. The van der Waals surface area contributed by atoms with E-state index in [1.54, 1.807) is 0 Å². The Morgan fingerprint density at radius 3 is 2.40 bits per heavy atom. The van der Waals surface area contributed by atoms with E-state index in [0.717, 1.165) is 26.2 Å². The predicted octanol–water partition coefficient (Wildman–Crippen LogP) is 4.23. The molecule has 0 saturated heterocycles. The summed E-state index contributed by atoms with van der Waals surface area (Å²) in [7, 11) is 0. The summed E-state index contributed by atoms with van der Waals surface area (Å²) >= 11 is 0. The molecule has 0 heterocycles. The first kappa shape index (κ1) is 16.9. The normalized spacial score (nSPS) is 13.2. The lowest BCUT2D eigenvalue weighted by Crippen LogP contribution is -2.23. The van der Waals surface area contributed by atoms with Gasteiger partial charge in [0.15, 0.2) is 0 Å². The summed E-state index contributed by atoms with van der Waals surface area (Å²) in [6.07, 6.45) is 2.80. The van der Waals surface area contributed by atoms with Crippen molar-refractivity contribution < 1.29 is 4.74 Å². The van der Waals surface area contributed by atoms with Gasteiger partial charge in [-0.2, -0.15) is 0 Å². The molecule has 0 aliphatic heterocycles. The van der Waals surface area contributed by atoms with Crippen molar-refractivity contribution in [2.24, 2.45) is 0 Å². The third kappa shape index (κ3) is 5.89. The Bertz CT molecular complexity index is 389. The molecule has 20 heavy (non-hydrogen) atoms. The van der Waals surface area contributed by atoms with Crippen molar-refractivity contribution in [3.05, 3.63) is 48.0 Å². The van der Waals surface area contributed by atoms with E-state index in [4.69, 9.17) is 4.74 Å². The van der Waals surface area contributed by atoms with E-state index >= 15 is 0 Å². The second-order valence-electron chi connectivity index (χ2n) is 6.24. The zero-order valence-electron chi connectivity index (χ0n) is 13.4. The fourth-order valence-corrected chi connectivity index (χ4v) is 2.01. The fourth-order valence-electron chi connectivity index (χ4n) is 2.01. The Labute approximate surface area is 124 Å². The van der Waals surface area contributed by atoms with Crippen LogP contribution in [0.2, 0.25) is 0 Å². The molecule has 1 atom stereocenters. The van der Waals surface area contributed by atoms with Crippen LogP contribution in [-0.2, 0) is 10.2 Å². The Kier molecular flexibility index (Phi) is 6.97. The Morgan fingerprint density at radius 2 is 1.85 bits per heavy atom. The number of ether oxygens (including phenoxy) is 1. The van der Waals surface area contributed by atoms with Gasteiger partial charge in [-0.15, -0.1) is 6.58 Å². The van der Waals surface area contributed by atoms with Gasteiger partial charge in [0.2, 0.25) is 0 Å². The Hall–Kier alpha value is -1.12. The summed E-state index contributed by atoms with van der Waals surface area (Å²) in [4.78, 5) is 0. The van der Waals surface area contributed by atoms with Gasteiger partial charge < -0.3 is 10.1 Å². The summed E-state index contributed by atoms with van der Waals surface area (Å²) in [6.45, 7) is 15.0. The molecule has 1 aromatic carbocycles. The molecular weight excluding hydrogens is 246 g/mol. The van der Waals surface area contributed by atoms with Gasteiger partial charge in [-0.1, -0.05) is 51.1 Å². The molecule has 0 fully saturated rings. The highest BCUT2D eigenvalue weighted by atomic mass is 16.5. The quantitative estimate of drug-likeness (QED) is 0.566. The maximum Gasteiger partial charge on any atom is 0.0591 e. The molecule has 112 valence electrons. The maximum absolute atomic E-state index is 5.49. The van der Waals surface area contributed by atoms with E-state index in [9.17, 15) is 0 Å². The van der Waals surface area contributed by atoms with E-state index in [1.165, 1.54) is 11.1 Å². The zero-order chi connectivity index (χ0) is 15.0. The molecule has 0 aromatic heterocycles. The average Bonchev–Trinajstić information content (AvgIpc) is 2.41. The molecule has 1 N–H and O–H groups in total. The van der Waals surface area contributed by atoms with Gasteiger partial charge in [0, 0.05) is 12.6 Å². The molecule has 0 radical (unpaired) electrons. The largest absolute Gasteiger partial charge is 0.380 e. The van der Waals surface area contributed by atoms with Gasteiger partial charge in [0.05, 0.1) is 13.2 Å². The van der Waals surface area contributed by atoms with Gasteiger partial charge in [0.25, 0.3) is 0 Å². The van der Waals surface area contributed by atoms with Crippen molar-refractivity contribution in [1.29, 1.82) is 0 Å². The highest BCUT2D eigenvalue weighted by Gasteiger charge is 2.13. The van der Waals surface area contributed by atoms with E-state index in [1.807, 2.05) is 6.08 Å². The van der Waals surface area contributed by atoms with Crippen molar-refractivity contribution in [3.8, 4) is 0 Å². The molecule has 0 aliphatic carbocycles. The van der Waals surface area contributed by atoms with Crippen LogP contribution in [0.5, 0.6) is 0 Å². The summed E-state index contributed by atoms with van der Waals surface area (Å²) in [5, 5.41) is 3.48. The second-order valence-corrected chi connectivity index (χ2v) is 6.24. The number of rotatable bonds is 8. The van der Waals surface area contributed by atoms with Crippen molar-refractivity contribution in [2.45, 2.75) is 45.6 Å². The number of hydrogen-bond donors (Lipinski definition) is 1. The van der Waals surface area contributed by atoms with E-state index < -0.39 is 0 Å². The van der Waals surface area contributed by atoms with Gasteiger partial charge >= 0.3 is 0 Å². The van der Waals surface area contributed by atoms with Crippen LogP contribution in [0, 0.1) is 0 Å². The van der Waals surface area contributed by atoms with Crippen molar-refractivity contribution in [3.63, 3.8) is 0 Å².